The average molecular weight is 673 g/mol. The van der Waals surface area contributed by atoms with E-state index < -0.39 is 23.5 Å². The van der Waals surface area contributed by atoms with Crippen LogP contribution < -0.4 is 25.6 Å². The zero-order valence-electron chi connectivity index (χ0n) is 30.0. The van der Waals surface area contributed by atoms with Gasteiger partial charge in [-0.25, -0.2) is 9.97 Å². The number of ether oxygens (including phenoxy) is 1. The molecule has 12 nitrogen and oxygen atoms in total. The van der Waals surface area contributed by atoms with Gasteiger partial charge in [-0.3, -0.25) is 14.4 Å². The number of nitrogens with one attached hydrogen (secondary N) is 3. The number of likely N-dealkylation sites (tertiary alicyclic amines) is 1. The molecule has 2 saturated heterocycles. The second-order valence-electron chi connectivity index (χ2n) is 14.1. The average Bonchev–Trinajstić information content (AvgIpc) is 3.60. The second kappa shape index (κ2) is 15.5. The van der Waals surface area contributed by atoms with E-state index in [1.54, 1.807) is 26.0 Å². The molecule has 3 heterocycles. The lowest BCUT2D eigenvalue weighted by Crippen LogP contribution is -2.58. The van der Waals surface area contributed by atoms with E-state index in [1.807, 2.05) is 32.9 Å². The van der Waals surface area contributed by atoms with Gasteiger partial charge in [0.15, 0.2) is 5.78 Å². The molecule has 0 saturated carbocycles. The first kappa shape index (κ1) is 36.0. The van der Waals surface area contributed by atoms with Gasteiger partial charge in [0.1, 0.15) is 23.9 Å². The van der Waals surface area contributed by atoms with Gasteiger partial charge in [0.2, 0.25) is 11.8 Å². The number of amides is 2. The van der Waals surface area contributed by atoms with Crippen molar-refractivity contribution >= 4 is 45.7 Å². The number of hydrogen-bond acceptors (Lipinski definition) is 10. The molecule has 0 spiro atoms. The molecule has 0 radical (unpaired) electrons. The Labute approximate surface area is 290 Å². The van der Waals surface area contributed by atoms with Crippen LogP contribution in [0.5, 0.6) is 5.75 Å². The Balaban J connectivity index is 1.34. The number of aromatic nitrogens is 2. The summed E-state index contributed by atoms with van der Waals surface area (Å²) in [5, 5.41) is 10.1. The van der Waals surface area contributed by atoms with E-state index in [4.69, 9.17) is 4.74 Å². The monoisotopic (exact) mass is 672 g/mol. The van der Waals surface area contributed by atoms with Crippen LogP contribution >= 0.6 is 0 Å². The van der Waals surface area contributed by atoms with Gasteiger partial charge >= 0.3 is 0 Å². The summed E-state index contributed by atoms with van der Waals surface area (Å²) in [6.07, 6.45) is 2.87. The summed E-state index contributed by atoms with van der Waals surface area (Å²) in [6.45, 7) is 15.4. The Morgan fingerprint density at radius 1 is 1.02 bits per heavy atom. The van der Waals surface area contributed by atoms with E-state index in [-0.39, 0.29) is 24.0 Å². The minimum atomic E-state index is -0.773. The minimum absolute atomic E-state index is 0.0746. The molecule has 0 bridgehead atoms. The number of benzene rings is 2. The molecule has 1 aromatic heterocycles. The molecule has 3 atom stereocenters. The van der Waals surface area contributed by atoms with Crippen LogP contribution in [0, 0.1) is 5.41 Å². The van der Waals surface area contributed by atoms with Crippen LogP contribution in [0.3, 0.4) is 0 Å². The second-order valence-corrected chi connectivity index (χ2v) is 14.1. The molecule has 2 aromatic carbocycles. The van der Waals surface area contributed by atoms with Gasteiger partial charge in [0, 0.05) is 67.5 Å². The maximum Gasteiger partial charge on any atom is 0.246 e. The molecule has 0 aliphatic carbocycles. The number of likely N-dealkylation sites (N-methyl/N-ethyl adjacent to an activating group) is 2. The molecular formula is C37H52N8O4. The zero-order valence-corrected chi connectivity index (χ0v) is 30.0. The molecule has 49 heavy (non-hydrogen) atoms. The number of ketones is 1. The first-order chi connectivity index (χ1) is 23.4. The van der Waals surface area contributed by atoms with E-state index in [0.29, 0.717) is 42.0 Å². The number of methoxy groups -OCH3 is 1. The number of piperazine rings is 1. The summed E-state index contributed by atoms with van der Waals surface area (Å²) in [5.74, 6) is 0.608. The molecule has 12 heteroatoms. The highest BCUT2D eigenvalue weighted by atomic mass is 16.5. The Hall–Kier alpha value is -4.29. The third-order valence-electron chi connectivity index (χ3n) is 9.85. The number of carbonyl (C=O) groups is 3. The lowest BCUT2D eigenvalue weighted by atomic mass is 9.85. The number of rotatable bonds is 12. The molecule has 2 aliphatic heterocycles. The standard InChI is InChI=1S/C37H52N8O4/c1-8-43-16-18-44(19-17-43)27-13-11-26(12-14-27)41-34-28-20-25(32(49-7)22-29(28)39-23-40-34)21-31(46)30-10-9-15-45(30)36(48)33(37(3,4)5)42-35(47)24(2)38-6/h11-14,20,22-24,30,33,38H,8-10,15-19,21H2,1-7H3,(H,42,47)(H,39,40,41)/t24-,30-,33+/m0/s1. The summed E-state index contributed by atoms with van der Waals surface area (Å²) in [7, 11) is 3.28. The van der Waals surface area contributed by atoms with E-state index in [2.05, 4.69) is 66.9 Å². The summed E-state index contributed by atoms with van der Waals surface area (Å²) < 4.78 is 5.72. The highest BCUT2D eigenvalue weighted by Crippen LogP contribution is 2.32. The van der Waals surface area contributed by atoms with Crippen molar-refractivity contribution in [3.8, 4) is 5.75 Å². The highest BCUT2D eigenvalue weighted by Gasteiger charge is 2.42. The van der Waals surface area contributed by atoms with Crippen LogP contribution in [0.4, 0.5) is 17.2 Å². The number of carbonyl (C=O) groups excluding carboxylic acids is 3. The molecule has 264 valence electrons. The molecular weight excluding hydrogens is 620 g/mol. The fourth-order valence-corrected chi connectivity index (χ4v) is 6.65. The lowest BCUT2D eigenvalue weighted by molar-refractivity contribution is -0.143. The van der Waals surface area contributed by atoms with Gasteiger partial charge in [-0.05, 0) is 69.1 Å². The summed E-state index contributed by atoms with van der Waals surface area (Å²) in [6, 6.07) is 10.3. The number of Topliss-reactive ketones (excluding diaryl/α,β-unsaturated/α-hetero) is 1. The number of anilines is 3. The topological polar surface area (TPSA) is 132 Å². The van der Waals surface area contributed by atoms with Gasteiger partial charge in [0.05, 0.1) is 24.7 Å². The van der Waals surface area contributed by atoms with Crippen molar-refractivity contribution in [2.24, 2.45) is 5.41 Å². The van der Waals surface area contributed by atoms with E-state index in [0.717, 1.165) is 43.8 Å². The Morgan fingerprint density at radius 3 is 2.37 bits per heavy atom. The van der Waals surface area contributed by atoms with Crippen LogP contribution in [0.15, 0.2) is 42.7 Å². The van der Waals surface area contributed by atoms with Crippen molar-refractivity contribution in [3.05, 3.63) is 48.3 Å². The summed E-state index contributed by atoms with van der Waals surface area (Å²) >= 11 is 0. The van der Waals surface area contributed by atoms with Gasteiger partial charge in [-0.2, -0.15) is 0 Å². The highest BCUT2D eigenvalue weighted by molar-refractivity contribution is 5.97. The largest absolute Gasteiger partial charge is 0.496 e. The van der Waals surface area contributed by atoms with Gasteiger partial charge in [-0.15, -0.1) is 0 Å². The maximum absolute atomic E-state index is 14.0. The zero-order chi connectivity index (χ0) is 35.3. The quantitative estimate of drug-likeness (QED) is 0.261. The van der Waals surface area contributed by atoms with Crippen molar-refractivity contribution in [1.29, 1.82) is 0 Å². The van der Waals surface area contributed by atoms with Crippen LogP contribution in [0.1, 0.15) is 53.0 Å². The lowest BCUT2D eigenvalue weighted by Gasteiger charge is -2.36. The summed E-state index contributed by atoms with van der Waals surface area (Å²) in [5.41, 5.74) is 2.93. The van der Waals surface area contributed by atoms with Crippen molar-refractivity contribution in [2.45, 2.75) is 72.0 Å². The number of nitrogens with zero attached hydrogens (tertiary/aromatic N) is 5. The smallest absolute Gasteiger partial charge is 0.246 e. The SMILES string of the molecule is CCN1CCN(c2ccc(Nc3ncnc4cc(OC)c(CC(=O)[C@@H]5CCCN5C(=O)[C@@H](NC(=O)[C@H](C)NC)C(C)(C)C)cc34)cc2)CC1. The fourth-order valence-electron chi connectivity index (χ4n) is 6.65. The molecule has 2 fully saturated rings. The van der Waals surface area contributed by atoms with Crippen molar-refractivity contribution < 1.29 is 19.1 Å². The Bertz CT molecular complexity index is 1630. The van der Waals surface area contributed by atoms with E-state index in [1.165, 1.54) is 12.0 Å². The van der Waals surface area contributed by atoms with Gasteiger partial charge in [0.25, 0.3) is 0 Å². The normalized spacial score (nSPS) is 18.3. The molecule has 3 aromatic rings. The molecule has 3 N–H and O–H groups in total. The molecule has 5 rings (SSSR count). The van der Waals surface area contributed by atoms with Crippen molar-refractivity contribution in [1.82, 2.24) is 30.4 Å². The van der Waals surface area contributed by atoms with E-state index >= 15 is 0 Å². The van der Waals surface area contributed by atoms with Crippen LogP contribution in [-0.2, 0) is 20.8 Å². The predicted octanol–water partition coefficient (Wildman–Crippen LogP) is 3.77. The molecule has 2 amide bonds. The third-order valence-corrected chi connectivity index (χ3v) is 9.85. The minimum Gasteiger partial charge on any atom is -0.496 e. The van der Waals surface area contributed by atoms with Crippen LogP contribution in [0.25, 0.3) is 10.9 Å². The van der Waals surface area contributed by atoms with E-state index in [9.17, 15) is 14.4 Å². The van der Waals surface area contributed by atoms with Crippen molar-refractivity contribution in [2.75, 3.05) is 63.6 Å². The molecule has 0 unspecified atom stereocenters. The number of hydrogen-bond donors (Lipinski definition) is 3. The van der Waals surface area contributed by atoms with Crippen LogP contribution in [0.2, 0.25) is 0 Å². The molecule has 2 aliphatic rings. The van der Waals surface area contributed by atoms with Crippen LogP contribution in [-0.4, -0.2) is 109 Å². The fraction of sp³-hybridized carbons (Fsp3) is 0.541. The third kappa shape index (κ3) is 8.30. The van der Waals surface area contributed by atoms with Crippen molar-refractivity contribution in [3.63, 3.8) is 0 Å². The predicted molar refractivity (Wildman–Crippen MR) is 193 cm³/mol. The summed E-state index contributed by atoms with van der Waals surface area (Å²) in [4.78, 5) is 56.2. The van der Waals surface area contributed by atoms with Gasteiger partial charge < -0.3 is 35.4 Å². The number of fused-ring (bicyclic) bond motifs is 1. The maximum atomic E-state index is 14.0. The first-order valence-corrected chi connectivity index (χ1v) is 17.4. The Kier molecular flexibility index (Phi) is 11.4. The first-order valence-electron chi connectivity index (χ1n) is 17.4. The Morgan fingerprint density at radius 2 is 1.73 bits per heavy atom. The van der Waals surface area contributed by atoms with Gasteiger partial charge in [-0.1, -0.05) is 27.7 Å².